The predicted molar refractivity (Wildman–Crippen MR) is 105 cm³/mol. The molecule has 0 aromatic carbocycles. The summed E-state index contributed by atoms with van der Waals surface area (Å²) < 4.78 is 40.4. The maximum absolute atomic E-state index is 12.9. The van der Waals surface area contributed by atoms with Crippen LogP contribution in [0, 0.1) is 0 Å². The average molecular weight is 483 g/mol. The van der Waals surface area contributed by atoms with Gasteiger partial charge in [0.25, 0.3) is 0 Å². The van der Waals surface area contributed by atoms with Crippen LogP contribution in [0.1, 0.15) is 11.3 Å². The third-order valence-corrected chi connectivity index (χ3v) is 3.41. The molecule has 0 aliphatic carbocycles. The number of aliphatic imine (C=N–C) groups is 1. The lowest BCUT2D eigenvalue weighted by Crippen LogP contribution is -2.39. The van der Waals surface area contributed by atoms with E-state index in [2.05, 4.69) is 31.0 Å². The molecule has 7 nitrogen and oxygen atoms in total. The standard InChI is InChI=1S/C15H20F3N7.HI/c1-19-14(23-10-11-5-7-24-25(11)2)22-9-8-21-13-12(15(16,17)18)4-3-6-20-13;/h3-7H,8-10H2,1-2H3,(H,20,21)(H2,19,22,23);1H. The number of hydrogen-bond acceptors (Lipinski definition) is 4. The molecule has 2 aromatic heterocycles. The van der Waals surface area contributed by atoms with Crippen molar-refractivity contribution in [2.75, 3.05) is 25.5 Å². The van der Waals surface area contributed by atoms with Gasteiger partial charge in [0, 0.05) is 39.6 Å². The monoisotopic (exact) mass is 483 g/mol. The minimum absolute atomic E-state index is 0. The van der Waals surface area contributed by atoms with Crippen LogP contribution >= 0.6 is 24.0 Å². The molecule has 11 heteroatoms. The third kappa shape index (κ3) is 6.35. The van der Waals surface area contributed by atoms with Gasteiger partial charge in [0.05, 0.1) is 17.8 Å². The van der Waals surface area contributed by atoms with Gasteiger partial charge in [-0.05, 0) is 18.2 Å². The Morgan fingerprint density at radius 1 is 1.19 bits per heavy atom. The van der Waals surface area contributed by atoms with Crippen LogP contribution in [0.2, 0.25) is 0 Å². The molecule has 26 heavy (non-hydrogen) atoms. The van der Waals surface area contributed by atoms with Crippen LogP contribution in [0.4, 0.5) is 19.0 Å². The van der Waals surface area contributed by atoms with Crippen molar-refractivity contribution in [3.63, 3.8) is 0 Å². The molecule has 0 radical (unpaired) electrons. The molecule has 2 rings (SSSR count). The fourth-order valence-corrected chi connectivity index (χ4v) is 2.11. The van der Waals surface area contributed by atoms with Gasteiger partial charge in [0.15, 0.2) is 5.96 Å². The van der Waals surface area contributed by atoms with Gasteiger partial charge in [0.1, 0.15) is 5.82 Å². The number of alkyl halides is 3. The van der Waals surface area contributed by atoms with E-state index >= 15 is 0 Å². The van der Waals surface area contributed by atoms with E-state index in [0.717, 1.165) is 11.8 Å². The molecule has 3 N–H and O–H groups in total. The Hall–Kier alpha value is -2.05. The van der Waals surface area contributed by atoms with E-state index in [4.69, 9.17) is 0 Å². The van der Waals surface area contributed by atoms with Gasteiger partial charge in [-0.15, -0.1) is 24.0 Å². The lowest BCUT2D eigenvalue weighted by Gasteiger charge is -2.15. The first-order valence-electron chi connectivity index (χ1n) is 7.59. The van der Waals surface area contributed by atoms with Crippen molar-refractivity contribution in [1.29, 1.82) is 0 Å². The minimum Gasteiger partial charge on any atom is -0.368 e. The fourth-order valence-electron chi connectivity index (χ4n) is 2.11. The van der Waals surface area contributed by atoms with Crippen LogP contribution in [0.15, 0.2) is 35.6 Å². The van der Waals surface area contributed by atoms with Gasteiger partial charge in [0.2, 0.25) is 0 Å². The second-order valence-corrected chi connectivity index (χ2v) is 5.12. The molecule has 0 aliphatic heterocycles. The molecule has 0 bridgehead atoms. The quantitative estimate of drug-likeness (QED) is 0.254. The van der Waals surface area contributed by atoms with Gasteiger partial charge in [-0.1, -0.05) is 0 Å². The SMILES string of the molecule is CN=C(NCCNc1ncccc1C(F)(F)F)NCc1ccnn1C.I. The zero-order valence-electron chi connectivity index (χ0n) is 14.3. The number of guanidine groups is 1. The number of rotatable bonds is 6. The molecule has 0 unspecified atom stereocenters. The van der Waals surface area contributed by atoms with Gasteiger partial charge in [-0.25, -0.2) is 4.98 Å². The van der Waals surface area contributed by atoms with Gasteiger partial charge >= 0.3 is 6.18 Å². The molecule has 144 valence electrons. The summed E-state index contributed by atoms with van der Waals surface area (Å²) in [6.07, 6.45) is -1.42. The normalized spacial score (nSPS) is 11.7. The summed E-state index contributed by atoms with van der Waals surface area (Å²) in [7, 11) is 3.45. The molecular formula is C15H21F3IN7. The van der Waals surface area contributed by atoms with Crippen molar-refractivity contribution < 1.29 is 13.2 Å². The van der Waals surface area contributed by atoms with Crippen molar-refractivity contribution in [2.45, 2.75) is 12.7 Å². The summed E-state index contributed by atoms with van der Waals surface area (Å²) in [5.41, 5.74) is 0.193. The molecule has 2 aromatic rings. The first kappa shape index (κ1) is 22.0. The van der Waals surface area contributed by atoms with Crippen LogP contribution in [-0.2, 0) is 19.8 Å². The lowest BCUT2D eigenvalue weighted by molar-refractivity contribution is -0.137. The van der Waals surface area contributed by atoms with Gasteiger partial charge in [-0.3, -0.25) is 9.67 Å². The first-order valence-corrected chi connectivity index (χ1v) is 7.59. The molecule has 0 saturated heterocycles. The van der Waals surface area contributed by atoms with Crippen LogP contribution in [0.25, 0.3) is 0 Å². The van der Waals surface area contributed by atoms with Crippen molar-refractivity contribution >= 4 is 35.8 Å². The average Bonchev–Trinajstić information content (AvgIpc) is 2.99. The summed E-state index contributed by atoms with van der Waals surface area (Å²) in [6, 6.07) is 4.13. The second kappa shape index (κ2) is 10.2. The Balaban J connectivity index is 0.00000338. The largest absolute Gasteiger partial charge is 0.419 e. The summed E-state index contributed by atoms with van der Waals surface area (Å²) >= 11 is 0. The van der Waals surface area contributed by atoms with Crippen LogP contribution in [0.3, 0.4) is 0 Å². The Labute approximate surface area is 166 Å². The van der Waals surface area contributed by atoms with E-state index in [9.17, 15) is 13.2 Å². The molecule has 0 spiro atoms. The Bertz CT molecular complexity index is 715. The highest BCUT2D eigenvalue weighted by molar-refractivity contribution is 14.0. The number of aromatic nitrogens is 3. The molecule has 0 amide bonds. The van der Waals surface area contributed by atoms with Crippen molar-refractivity contribution in [2.24, 2.45) is 12.0 Å². The van der Waals surface area contributed by atoms with Crippen molar-refractivity contribution in [3.8, 4) is 0 Å². The smallest absolute Gasteiger partial charge is 0.368 e. The highest BCUT2D eigenvalue weighted by Gasteiger charge is 2.33. The zero-order valence-corrected chi connectivity index (χ0v) is 16.7. The number of pyridine rings is 1. The number of nitrogens with one attached hydrogen (secondary N) is 3. The van der Waals surface area contributed by atoms with E-state index in [1.165, 1.54) is 12.3 Å². The molecule has 0 aliphatic rings. The molecule has 0 saturated carbocycles. The van der Waals surface area contributed by atoms with E-state index in [0.29, 0.717) is 19.0 Å². The van der Waals surface area contributed by atoms with E-state index in [-0.39, 0.29) is 36.3 Å². The van der Waals surface area contributed by atoms with Gasteiger partial charge < -0.3 is 16.0 Å². The maximum Gasteiger partial charge on any atom is 0.419 e. The minimum atomic E-state index is -4.44. The number of aryl methyl sites for hydroxylation is 1. The topological polar surface area (TPSA) is 79.2 Å². The number of halogens is 4. The van der Waals surface area contributed by atoms with E-state index in [1.807, 2.05) is 13.1 Å². The highest BCUT2D eigenvalue weighted by atomic mass is 127. The van der Waals surface area contributed by atoms with Crippen molar-refractivity contribution in [3.05, 3.63) is 41.9 Å². The van der Waals surface area contributed by atoms with Crippen LogP contribution < -0.4 is 16.0 Å². The van der Waals surface area contributed by atoms with Crippen LogP contribution in [0.5, 0.6) is 0 Å². The number of nitrogens with zero attached hydrogens (tertiary/aromatic N) is 4. The molecular weight excluding hydrogens is 462 g/mol. The van der Waals surface area contributed by atoms with E-state index in [1.54, 1.807) is 17.9 Å². The molecule has 2 heterocycles. The lowest BCUT2D eigenvalue weighted by atomic mass is 10.2. The second-order valence-electron chi connectivity index (χ2n) is 5.12. The number of anilines is 1. The van der Waals surface area contributed by atoms with Gasteiger partial charge in [-0.2, -0.15) is 18.3 Å². The van der Waals surface area contributed by atoms with E-state index < -0.39 is 11.7 Å². The zero-order chi connectivity index (χ0) is 18.3. The fraction of sp³-hybridized carbons (Fsp3) is 0.400. The number of hydrogen-bond donors (Lipinski definition) is 3. The first-order chi connectivity index (χ1) is 11.9. The Kier molecular flexibility index (Phi) is 8.61. The predicted octanol–water partition coefficient (Wildman–Crippen LogP) is 2.23. The Morgan fingerprint density at radius 3 is 2.58 bits per heavy atom. The summed E-state index contributed by atoms with van der Waals surface area (Å²) in [6.45, 7) is 1.16. The summed E-state index contributed by atoms with van der Waals surface area (Å²) in [5, 5.41) is 12.9. The molecule has 0 fully saturated rings. The maximum atomic E-state index is 12.9. The van der Waals surface area contributed by atoms with Crippen LogP contribution in [-0.4, -0.2) is 40.9 Å². The third-order valence-electron chi connectivity index (χ3n) is 3.41. The molecule has 0 atom stereocenters. The summed E-state index contributed by atoms with van der Waals surface area (Å²) in [5.74, 6) is 0.356. The Morgan fingerprint density at radius 2 is 1.96 bits per heavy atom. The summed E-state index contributed by atoms with van der Waals surface area (Å²) in [4.78, 5) is 7.81. The van der Waals surface area contributed by atoms with Crippen molar-refractivity contribution in [1.82, 2.24) is 25.4 Å². The highest BCUT2D eigenvalue weighted by Crippen LogP contribution is 2.33.